The molecule has 0 unspecified atom stereocenters. The molecular weight excluding hydrogens is 236 g/mol. The predicted molar refractivity (Wildman–Crippen MR) is 80.0 cm³/mol. The minimum absolute atomic E-state index is 0.242. The predicted octanol–water partition coefficient (Wildman–Crippen LogP) is 4.88. The van der Waals surface area contributed by atoms with E-state index in [-0.39, 0.29) is 5.97 Å². The second kappa shape index (κ2) is 9.17. The standard InChI is InChI=1S/C17H30O2/c1-4-5-6-7-15-8-10-16(11-9-15)12-13-19-17(18)14(2)3/h15-16H,2,4-13H2,1,3H3. The summed E-state index contributed by atoms with van der Waals surface area (Å²) in [6, 6.07) is 0. The number of esters is 1. The molecule has 1 rings (SSSR count). The highest BCUT2D eigenvalue weighted by Crippen LogP contribution is 2.33. The number of carbonyl (C=O) groups is 1. The Kier molecular flexibility index (Phi) is 7.85. The number of unbranched alkanes of at least 4 members (excludes halogenated alkanes) is 2. The van der Waals surface area contributed by atoms with Crippen LogP contribution in [-0.2, 0) is 9.53 Å². The van der Waals surface area contributed by atoms with Gasteiger partial charge >= 0.3 is 5.97 Å². The summed E-state index contributed by atoms with van der Waals surface area (Å²) < 4.78 is 5.17. The van der Waals surface area contributed by atoms with Gasteiger partial charge in [0.1, 0.15) is 0 Å². The van der Waals surface area contributed by atoms with Crippen LogP contribution in [0.1, 0.15) is 71.6 Å². The molecule has 0 aromatic rings. The van der Waals surface area contributed by atoms with Crippen molar-refractivity contribution in [2.75, 3.05) is 6.61 Å². The number of hydrogen-bond donors (Lipinski definition) is 0. The Bertz CT molecular complexity index is 275. The number of hydrogen-bond acceptors (Lipinski definition) is 2. The van der Waals surface area contributed by atoms with Crippen LogP contribution in [0, 0.1) is 11.8 Å². The maximum atomic E-state index is 11.3. The van der Waals surface area contributed by atoms with E-state index in [1.807, 2.05) is 0 Å². The Balaban J connectivity index is 2.06. The van der Waals surface area contributed by atoms with Crippen LogP contribution in [0.15, 0.2) is 12.2 Å². The molecular formula is C17H30O2. The highest BCUT2D eigenvalue weighted by atomic mass is 16.5. The van der Waals surface area contributed by atoms with Gasteiger partial charge in [0.15, 0.2) is 0 Å². The van der Waals surface area contributed by atoms with Crippen molar-refractivity contribution in [3.63, 3.8) is 0 Å². The second-order valence-corrected chi connectivity index (χ2v) is 6.09. The molecule has 110 valence electrons. The molecule has 1 fully saturated rings. The zero-order valence-corrected chi connectivity index (χ0v) is 12.7. The fourth-order valence-electron chi connectivity index (χ4n) is 2.93. The Morgan fingerprint density at radius 3 is 2.21 bits per heavy atom. The van der Waals surface area contributed by atoms with Crippen LogP contribution in [0.5, 0.6) is 0 Å². The van der Waals surface area contributed by atoms with Crippen LogP contribution in [0.2, 0.25) is 0 Å². The molecule has 1 aliphatic carbocycles. The first-order valence-corrected chi connectivity index (χ1v) is 7.96. The van der Waals surface area contributed by atoms with Gasteiger partial charge in [0.05, 0.1) is 6.61 Å². The van der Waals surface area contributed by atoms with Gasteiger partial charge < -0.3 is 4.74 Å². The van der Waals surface area contributed by atoms with Crippen LogP contribution in [0.3, 0.4) is 0 Å². The molecule has 0 radical (unpaired) electrons. The molecule has 0 aromatic heterocycles. The molecule has 1 saturated carbocycles. The third-order valence-electron chi connectivity index (χ3n) is 4.29. The SMILES string of the molecule is C=C(C)C(=O)OCCC1CCC(CCCCC)CC1. The van der Waals surface area contributed by atoms with E-state index in [0.717, 1.165) is 18.3 Å². The van der Waals surface area contributed by atoms with Gasteiger partial charge in [0.25, 0.3) is 0 Å². The molecule has 19 heavy (non-hydrogen) atoms. The van der Waals surface area contributed by atoms with Gasteiger partial charge in [-0.15, -0.1) is 0 Å². The van der Waals surface area contributed by atoms with Crippen molar-refractivity contribution in [2.24, 2.45) is 11.8 Å². The normalized spacial score (nSPS) is 23.1. The van der Waals surface area contributed by atoms with Crippen LogP contribution in [0.4, 0.5) is 0 Å². The summed E-state index contributed by atoms with van der Waals surface area (Å²) in [7, 11) is 0. The molecule has 2 heteroatoms. The van der Waals surface area contributed by atoms with Crippen molar-refractivity contribution in [3.05, 3.63) is 12.2 Å². The van der Waals surface area contributed by atoms with Gasteiger partial charge in [-0.1, -0.05) is 64.9 Å². The second-order valence-electron chi connectivity index (χ2n) is 6.09. The van der Waals surface area contributed by atoms with E-state index in [9.17, 15) is 4.79 Å². The highest BCUT2D eigenvalue weighted by Gasteiger charge is 2.20. The van der Waals surface area contributed by atoms with Crippen molar-refractivity contribution in [2.45, 2.75) is 71.6 Å². The Morgan fingerprint density at radius 1 is 1.11 bits per heavy atom. The maximum Gasteiger partial charge on any atom is 0.333 e. The maximum absolute atomic E-state index is 11.3. The number of rotatable bonds is 8. The number of carbonyl (C=O) groups excluding carboxylic acids is 1. The topological polar surface area (TPSA) is 26.3 Å². The van der Waals surface area contributed by atoms with E-state index in [4.69, 9.17) is 4.74 Å². The summed E-state index contributed by atoms with van der Waals surface area (Å²) in [5, 5.41) is 0. The summed E-state index contributed by atoms with van der Waals surface area (Å²) in [6.07, 6.45) is 12.0. The van der Waals surface area contributed by atoms with Crippen LogP contribution in [0.25, 0.3) is 0 Å². The quantitative estimate of drug-likeness (QED) is 0.355. The lowest BCUT2D eigenvalue weighted by Crippen LogP contribution is -2.17. The highest BCUT2D eigenvalue weighted by molar-refractivity contribution is 5.86. The summed E-state index contributed by atoms with van der Waals surface area (Å²) in [6.45, 7) is 8.12. The van der Waals surface area contributed by atoms with E-state index >= 15 is 0 Å². The summed E-state index contributed by atoms with van der Waals surface area (Å²) in [5.41, 5.74) is 0.500. The average molecular weight is 266 g/mol. The third kappa shape index (κ3) is 6.79. The monoisotopic (exact) mass is 266 g/mol. The van der Waals surface area contributed by atoms with Gasteiger partial charge in [-0.3, -0.25) is 0 Å². The molecule has 0 amide bonds. The van der Waals surface area contributed by atoms with Crippen LogP contribution in [-0.4, -0.2) is 12.6 Å². The molecule has 0 atom stereocenters. The lowest BCUT2D eigenvalue weighted by Gasteiger charge is -2.28. The van der Waals surface area contributed by atoms with Gasteiger partial charge in [-0.05, 0) is 25.2 Å². The van der Waals surface area contributed by atoms with Crippen molar-refractivity contribution in [1.82, 2.24) is 0 Å². The van der Waals surface area contributed by atoms with Crippen molar-refractivity contribution in [3.8, 4) is 0 Å². The molecule has 2 nitrogen and oxygen atoms in total. The lowest BCUT2D eigenvalue weighted by atomic mass is 9.78. The number of ether oxygens (including phenoxy) is 1. The Hall–Kier alpha value is -0.790. The van der Waals surface area contributed by atoms with Crippen molar-refractivity contribution < 1.29 is 9.53 Å². The minimum atomic E-state index is -0.242. The minimum Gasteiger partial charge on any atom is -0.462 e. The summed E-state index contributed by atoms with van der Waals surface area (Å²) in [4.78, 5) is 11.3. The molecule has 0 bridgehead atoms. The van der Waals surface area contributed by atoms with Crippen molar-refractivity contribution >= 4 is 5.97 Å². The summed E-state index contributed by atoms with van der Waals surface area (Å²) in [5.74, 6) is 1.48. The molecule has 1 aliphatic rings. The molecule has 0 spiro atoms. The van der Waals surface area contributed by atoms with E-state index in [2.05, 4.69) is 13.5 Å². The average Bonchev–Trinajstić information content (AvgIpc) is 2.40. The zero-order valence-electron chi connectivity index (χ0n) is 12.7. The van der Waals surface area contributed by atoms with Gasteiger partial charge in [-0.2, -0.15) is 0 Å². The first-order chi connectivity index (χ1) is 9.13. The summed E-state index contributed by atoms with van der Waals surface area (Å²) >= 11 is 0. The van der Waals surface area contributed by atoms with Gasteiger partial charge in [0, 0.05) is 5.57 Å². The van der Waals surface area contributed by atoms with Crippen molar-refractivity contribution in [1.29, 1.82) is 0 Å². The molecule has 0 heterocycles. The third-order valence-corrected chi connectivity index (χ3v) is 4.29. The Morgan fingerprint density at radius 2 is 1.68 bits per heavy atom. The van der Waals surface area contributed by atoms with Gasteiger partial charge in [0.2, 0.25) is 0 Å². The first kappa shape index (κ1) is 16.3. The molecule has 0 saturated heterocycles. The fraction of sp³-hybridized carbons (Fsp3) is 0.824. The van der Waals surface area contributed by atoms with E-state index in [0.29, 0.717) is 12.2 Å². The molecule has 0 N–H and O–H groups in total. The van der Waals surface area contributed by atoms with Crippen LogP contribution >= 0.6 is 0 Å². The van der Waals surface area contributed by atoms with Gasteiger partial charge in [-0.25, -0.2) is 4.79 Å². The smallest absolute Gasteiger partial charge is 0.333 e. The lowest BCUT2D eigenvalue weighted by molar-refractivity contribution is -0.139. The largest absolute Gasteiger partial charge is 0.462 e. The molecule has 0 aromatic carbocycles. The van der Waals surface area contributed by atoms with Crippen LogP contribution < -0.4 is 0 Å². The zero-order chi connectivity index (χ0) is 14.1. The Labute approximate surface area is 118 Å². The van der Waals surface area contributed by atoms with E-state index in [1.165, 1.54) is 51.4 Å². The first-order valence-electron chi connectivity index (χ1n) is 7.96. The fourth-order valence-corrected chi connectivity index (χ4v) is 2.93. The molecule has 0 aliphatic heterocycles. The van der Waals surface area contributed by atoms with E-state index in [1.54, 1.807) is 6.92 Å². The van der Waals surface area contributed by atoms with E-state index < -0.39 is 0 Å².